The molecule has 7 nitrogen and oxygen atoms in total. The maximum Gasteiger partial charge on any atom is 0.261 e. The summed E-state index contributed by atoms with van der Waals surface area (Å²) in [6.07, 6.45) is 7.08. The van der Waals surface area contributed by atoms with Crippen LogP contribution in [-0.4, -0.2) is 90.1 Å². The molecule has 0 spiro atoms. The molecule has 440 valence electrons. The second-order valence-electron chi connectivity index (χ2n) is 30.4. The Kier molecular flexibility index (Phi) is 25.9. The Hall–Kier alpha value is -1.83. The fourth-order valence-electron chi connectivity index (χ4n) is 9.02. The van der Waals surface area contributed by atoms with Crippen molar-refractivity contribution in [1.29, 1.82) is 0 Å². The number of hydrogen-bond donors (Lipinski definition) is 1. The Labute approximate surface area is 480 Å². The van der Waals surface area contributed by atoms with Crippen LogP contribution in [0.15, 0.2) is 96.6 Å². The third kappa shape index (κ3) is 20.5. The lowest BCUT2D eigenvalue weighted by atomic mass is 9.88. The van der Waals surface area contributed by atoms with E-state index in [4.69, 9.17) is 22.1 Å². The molecule has 0 saturated heterocycles. The van der Waals surface area contributed by atoms with Crippen molar-refractivity contribution in [1.82, 2.24) is 0 Å². The maximum absolute atomic E-state index is 15.2. The van der Waals surface area contributed by atoms with Gasteiger partial charge in [0.2, 0.25) is 0 Å². The van der Waals surface area contributed by atoms with Crippen molar-refractivity contribution in [3.8, 4) is 0 Å². The summed E-state index contributed by atoms with van der Waals surface area (Å²) in [5, 5.41) is 14.2. The molecule has 0 fully saturated rings. The number of benzene rings is 2. The van der Waals surface area contributed by atoms with E-state index in [2.05, 4.69) is 269 Å². The minimum atomic E-state index is -2.60. The van der Waals surface area contributed by atoms with E-state index >= 15 is 4.79 Å². The van der Waals surface area contributed by atoms with Crippen molar-refractivity contribution in [3.63, 3.8) is 0 Å². The van der Waals surface area contributed by atoms with Crippen molar-refractivity contribution in [2.75, 3.05) is 13.2 Å². The highest BCUT2D eigenvalue weighted by Crippen LogP contribution is 2.45. The van der Waals surface area contributed by atoms with Gasteiger partial charge in [0.1, 0.15) is 6.10 Å². The second kappa shape index (κ2) is 28.0. The number of aliphatic hydroxyl groups is 1. The molecule has 0 heterocycles. The number of hydrogen-bond acceptors (Lipinski definition) is 7. The standard InChI is InChI=1S/C65H118O7Si5/c1-49(37-35-36-42-68-77(65(18,19)20,56-38-31-29-32-39-56)57-40-33-30-34-41-57)43-50(2)44-51(3)52(4)45-54(66)47-58(67)60(72-76(27,28)64(15,16)17)59(71-75(25,26)63(12,13)14)53(5)46-55(70-74(23,24)62(9,10)11)48-69-73(21,22)61(6,7)8/h29-36,38-41,44,49,52-55,59-60,66H,2,37,42-43,45-48H2,1,3-28H3/b36-35+,51-44+/t49-,52-,53+,54?,55+,59-,60-/m0/s1. The average Bonchev–Trinajstić information content (AvgIpc) is 3.26. The zero-order valence-corrected chi connectivity index (χ0v) is 59.6. The first-order valence-corrected chi connectivity index (χ1v) is 42.9. The number of carbonyl (C=O) groups excluding carboxylic acids is 1. The lowest BCUT2D eigenvalue weighted by Crippen LogP contribution is -2.66. The van der Waals surface area contributed by atoms with Gasteiger partial charge >= 0.3 is 0 Å². The fraction of sp³-hybridized carbons (Fsp3) is 0.708. The molecule has 0 radical (unpaired) electrons. The molecule has 0 aliphatic carbocycles. The van der Waals surface area contributed by atoms with Gasteiger partial charge in [0, 0.05) is 6.42 Å². The van der Waals surface area contributed by atoms with Crippen molar-refractivity contribution in [3.05, 3.63) is 96.6 Å². The fourth-order valence-corrected chi connectivity index (χ4v) is 18.6. The van der Waals surface area contributed by atoms with Gasteiger partial charge in [-0.2, -0.15) is 0 Å². The number of carbonyl (C=O) groups is 1. The molecule has 0 aromatic heterocycles. The van der Waals surface area contributed by atoms with Crippen LogP contribution in [0.1, 0.15) is 164 Å². The summed E-state index contributed by atoms with van der Waals surface area (Å²) in [5.74, 6) is 0.215. The van der Waals surface area contributed by atoms with Crippen LogP contribution in [0, 0.1) is 17.8 Å². The third-order valence-electron chi connectivity index (χ3n) is 18.4. The predicted octanol–water partition coefficient (Wildman–Crippen LogP) is 17.6. The molecule has 1 unspecified atom stereocenters. The van der Waals surface area contributed by atoms with Crippen LogP contribution in [0.4, 0.5) is 0 Å². The van der Waals surface area contributed by atoms with Crippen LogP contribution in [0.25, 0.3) is 0 Å². The van der Waals surface area contributed by atoms with Gasteiger partial charge in [-0.15, -0.1) is 0 Å². The smallest absolute Gasteiger partial charge is 0.261 e. The molecular weight excluding hydrogens is 1030 g/mol. The Morgan fingerprint density at radius 2 is 1.03 bits per heavy atom. The van der Waals surface area contributed by atoms with Crippen LogP contribution in [0.3, 0.4) is 0 Å². The molecule has 2 rings (SSSR count). The molecule has 1 N–H and O–H groups in total. The van der Waals surface area contributed by atoms with Crippen LogP contribution in [0.5, 0.6) is 0 Å². The summed E-state index contributed by atoms with van der Waals surface area (Å²) in [6.45, 7) is 66.6. The predicted molar refractivity (Wildman–Crippen MR) is 347 cm³/mol. The zero-order valence-electron chi connectivity index (χ0n) is 54.6. The summed E-state index contributed by atoms with van der Waals surface area (Å²) in [6, 6.07) is 21.6. The normalized spacial score (nSPS) is 17.2. The molecule has 0 aliphatic rings. The first-order valence-electron chi connectivity index (χ1n) is 29.4. The summed E-state index contributed by atoms with van der Waals surface area (Å²) >= 11 is 0. The SMILES string of the molecule is C=C(/C=C(\C)[C@@H](C)CC(O)CC(=O)[C@H](O[Si](C)(C)C(C)(C)C)[C@@H](O[Si](C)(C)C(C)(C)C)[C@H](C)C[C@H](CO[Si](C)(C)C(C)(C)C)O[Si](C)(C)C(C)(C)C)C[C@@H](C)C/C=C/CO[Si](c1ccccc1)(c1ccccc1)C(C)(C)C. The average molecular weight is 1150 g/mol. The topological polar surface area (TPSA) is 83.5 Å². The van der Waals surface area contributed by atoms with E-state index in [1.807, 2.05) is 0 Å². The minimum Gasteiger partial charge on any atom is -0.414 e. The number of rotatable bonds is 29. The van der Waals surface area contributed by atoms with E-state index in [1.54, 1.807) is 0 Å². The highest BCUT2D eigenvalue weighted by atomic mass is 28.4. The van der Waals surface area contributed by atoms with Crippen molar-refractivity contribution in [2.24, 2.45) is 17.8 Å². The Bertz CT molecular complexity index is 2140. The van der Waals surface area contributed by atoms with Gasteiger partial charge in [-0.3, -0.25) is 4.79 Å². The minimum absolute atomic E-state index is 0.00162. The summed E-state index contributed by atoms with van der Waals surface area (Å²) in [4.78, 5) is 15.2. The Morgan fingerprint density at radius 3 is 1.47 bits per heavy atom. The first-order chi connectivity index (χ1) is 34.7. The Balaban J connectivity index is 2.39. The molecule has 7 atom stereocenters. The van der Waals surface area contributed by atoms with E-state index in [0.717, 1.165) is 24.0 Å². The van der Waals surface area contributed by atoms with Crippen LogP contribution >= 0.6 is 0 Å². The number of ketones is 1. The quantitative estimate of drug-likeness (QED) is 0.0494. The number of Topliss-reactive ketones (excluding diaryl/α,β-unsaturated/α-hetero) is 1. The molecule has 12 heteroatoms. The maximum atomic E-state index is 15.2. The molecule has 0 bridgehead atoms. The van der Waals surface area contributed by atoms with Gasteiger partial charge in [0.05, 0.1) is 31.5 Å². The van der Waals surface area contributed by atoms with E-state index in [-0.39, 0.29) is 55.3 Å². The van der Waals surface area contributed by atoms with Gasteiger partial charge < -0.3 is 27.2 Å². The van der Waals surface area contributed by atoms with Gasteiger partial charge in [-0.1, -0.05) is 221 Å². The van der Waals surface area contributed by atoms with Crippen molar-refractivity contribution >= 4 is 57.7 Å². The summed E-state index contributed by atoms with van der Waals surface area (Å²) < 4.78 is 36.2. The van der Waals surface area contributed by atoms with Crippen molar-refractivity contribution < 1.29 is 32.0 Å². The van der Waals surface area contributed by atoms with E-state index < -0.39 is 59.9 Å². The van der Waals surface area contributed by atoms with Gasteiger partial charge in [-0.25, -0.2) is 0 Å². The van der Waals surface area contributed by atoms with E-state index in [1.165, 1.54) is 10.4 Å². The lowest BCUT2D eigenvalue weighted by molar-refractivity contribution is -0.135. The first kappa shape index (κ1) is 71.3. The molecule has 0 amide bonds. The zero-order chi connectivity index (χ0) is 59.6. The lowest BCUT2D eigenvalue weighted by Gasteiger charge is -2.47. The monoisotopic (exact) mass is 1150 g/mol. The Morgan fingerprint density at radius 1 is 0.584 bits per heavy atom. The van der Waals surface area contributed by atoms with Crippen molar-refractivity contribution in [2.45, 2.75) is 266 Å². The largest absolute Gasteiger partial charge is 0.414 e. The van der Waals surface area contributed by atoms with E-state index in [9.17, 15) is 5.11 Å². The number of allylic oxidation sites excluding steroid dienone is 4. The van der Waals surface area contributed by atoms with Gasteiger partial charge in [0.15, 0.2) is 39.1 Å². The van der Waals surface area contributed by atoms with Gasteiger partial charge in [0.25, 0.3) is 8.32 Å². The molecule has 77 heavy (non-hydrogen) atoms. The van der Waals surface area contributed by atoms with Crippen LogP contribution in [0.2, 0.25) is 77.6 Å². The third-order valence-corrected chi connectivity index (χ3v) is 41.3. The van der Waals surface area contributed by atoms with Crippen LogP contribution in [-0.2, 0) is 26.9 Å². The molecule has 2 aromatic rings. The molecule has 0 aliphatic heterocycles. The highest BCUT2D eigenvalue weighted by molar-refractivity contribution is 6.99. The molecule has 2 aromatic carbocycles. The van der Waals surface area contributed by atoms with Gasteiger partial charge in [-0.05, 0) is 138 Å². The second-order valence-corrected chi connectivity index (χ2v) is 53.8. The number of aliphatic hydroxyl groups excluding tert-OH is 1. The molecule has 0 saturated carbocycles. The summed E-state index contributed by atoms with van der Waals surface area (Å²) in [7, 11) is -12.0. The molecular formula is C65H118O7Si5. The summed E-state index contributed by atoms with van der Waals surface area (Å²) in [5.41, 5.74) is 2.22. The highest BCUT2D eigenvalue weighted by Gasteiger charge is 2.51. The van der Waals surface area contributed by atoms with Crippen LogP contribution < -0.4 is 10.4 Å². The van der Waals surface area contributed by atoms with E-state index in [0.29, 0.717) is 32.0 Å².